The van der Waals surface area contributed by atoms with Crippen LogP contribution in [-0.2, 0) is 11.2 Å². The van der Waals surface area contributed by atoms with Gasteiger partial charge in [0.2, 0.25) is 5.91 Å². The molecular weight excluding hydrogens is 438 g/mol. The third-order valence-electron chi connectivity index (χ3n) is 5.75. The van der Waals surface area contributed by atoms with Crippen LogP contribution >= 0.6 is 11.3 Å². The van der Waals surface area contributed by atoms with E-state index in [1.54, 1.807) is 20.4 Å². The van der Waals surface area contributed by atoms with Crippen LogP contribution in [0.3, 0.4) is 0 Å². The SMILES string of the molecule is COc1ccc(-c2nc(CC(=O)Nc3ncccc3OCC3CCCCC3)cs2)cc1OC. The normalized spacial score (nSPS) is 14.0. The molecule has 8 heteroatoms. The van der Waals surface area contributed by atoms with Gasteiger partial charge in [-0.15, -0.1) is 11.3 Å². The molecule has 1 saturated carbocycles. The Morgan fingerprint density at radius 3 is 2.70 bits per heavy atom. The third-order valence-corrected chi connectivity index (χ3v) is 6.69. The van der Waals surface area contributed by atoms with Crippen molar-refractivity contribution in [3.63, 3.8) is 0 Å². The van der Waals surface area contributed by atoms with E-state index in [2.05, 4.69) is 15.3 Å². The Balaban J connectivity index is 1.37. The fraction of sp³-hybridized carbons (Fsp3) is 0.400. The lowest BCUT2D eigenvalue weighted by Crippen LogP contribution is -2.18. The number of benzene rings is 1. The summed E-state index contributed by atoms with van der Waals surface area (Å²) in [4.78, 5) is 21.6. The molecule has 0 unspecified atom stereocenters. The molecule has 33 heavy (non-hydrogen) atoms. The van der Waals surface area contributed by atoms with Crippen molar-refractivity contribution in [1.82, 2.24) is 9.97 Å². The number of nitrogens with one attached hydrogen (secondary N) is 1. The van der Waals surface area contributed by atoms with Gasteiger partial charge >= 0.3 is 0 Å². The van der Waals surface area contributed by atoms with E-state index >= 15 is 0 Å². The maximum absolute atomic E-state index is 12.7. The van der Waals surface area contributed by atoms with Crippen molar-refractivity contribution in [3.05, 3.63) is 47.6 Å². The van der Waals surface area contributed by atoms with Crippen LogP contribution < -0.4 is 19.5 Å². The number of pyridine rings is 1. The van der Waals surface area contributed by atoms with Gasteiger partial charge in [0.05, 0.1) is 32.9 Å². The highest BCUT2D eigenvalue weighted by Crippen LogP contribution is 2.33. The van der Waals surface area contributed by atoms with Crippen LogP contribution in [0, 0.1) is 5.92 Å². The van der Waals surface area contributed by atoms with Crippen molar-refractivity contribution in [1.29, 1.82) is 0 Å². The van der Waals surface area contributed by atoms with Crippen molar-refractivity contribution in [2.45, 2.75) is 38.5 Å². The maximum atomic E-state index is 12.7. The quantitative estimate of drug-likeness (QED) is 0.456. The first-order valence-corrected chi connectivity index (χ1v) is 12.1. The summed E-state index contributed by atoms with van der Waals surface area (Å²) >= 11 is 1.48. The smallest absolute Gasteiger partial charge is 0.231 e. The molecule has 1 N–H and O–H groups in total. The van der Waals surface area contributed by atoms with Crippen LogP contribution in [0.2, 0.25) is 0 Å². The van der Waals surface area contributed by atoms with E-state index in [1.807, 2.05) is 35.7 Å². The number of hydrogen-bond donors (Lipinski definition) is 1. The molecule has 1 aliphatic rings. The highest BCUT2D eigenvalue weighted by atomic mass is 32.1. The molecule has 3 aromatic rings. The van der Waals surface area contributed by atoms with Crippen LogP contribution in [0.25, 0.3) is 10.6 Å². The second kappa shape index (κ2) is 11.1. The lowest BCUT2D eigenvalue weighted by atomic mass is 9.90. The molecule has 1 fully saturated rings. The summed E-state index contributed by atoms with van der Waals surface area (Å²) in [5.41, 5.74) is 1.61. The molecule has 0 spiro atoms. The number of hydrogen-bond acceptors (Lipinski definition) is 7. The van der Waals surface area contributed by atoms with Crippen LogP contribution in [0.4, 0.5) is 5.82 Å². The topological polar surface area (TPSA) is 82.6 Å². The van der Waals surface area contributed by atoms with E-state index < -0.39 is 0 Å². The lowest BCUT2D eigenvalue weighted by Gasteiger charge is -2.22. The molecular formula is C25H29N3O4S. The van der Waals surface area contributed by atoms with Crippen LogP contribution in [0.5, 0.6) is 17.2 Å². The summed E-state index contributed by atoms with van der Waals surface area (Å²) in [5, 5.41) is 5.59. The molecule has 1 aliphatic carbocycles. The Labute approximate surface area is 198 Å². The first-order chi connectivity index (χ1) is 16.2. The first kappa shape index (κ1) is 23.0. The minimum absolute atomic E-state index is 0.155. The molecule has 174 valence electrons. The Hall–Kier alpha value is -3.13. The molecule has 1 aromatic carbocycles. The van der Waals surface area contributed by atoms with Crippen molar-refractivity contribution in [3.8, 4) is 27.8 Å². The lowest BCUT2D eigenvalue weighted by molar-refractivity contribution is -0.115. The summed E-state index contributed by atoms with van der Waals surface area (Å²) < 4.78 is 16.7. The zero-order valence-electron chi connectivity index (χ0n) is 19.0. The average molecular weight is 468 g/mol. The van der Waals surface area contributed by atoms with Crippen molar-refractivity contribution in [2.75, 3.05) is 26.1 Å². The van der Waals surface area contributed by atoms with Gasteiger partial charge in [-0.05, 0) is 49.1 Å². The van der Waals surface area contributed by atoms with Crippen LogP contribution in [0.15, 0.2) is 41.9 Å². The van der Waals surface area contributed by atoms with Gasteiger partial charge in [0.1, 0.15) is 5.01 Å². The summed E-state index contributed by atoms with van der Waals surface area (Å²) in [6.07, 6.45) is 8.06. The van der Waals surface area contributed by atoms with Crippen LogP contribution in [-0.4, -0.2) is 36.7 Å². The number of carbonyl (C=O) groups excluding carboxylic acids is 1. The van der Waals surface area contributed by atoms with Crippen molar-refractivity contribution >= 4 is 23.1 Å². The van der Waals surface area contributed by atoms with E-state index in [9.17, 15) is 4.79 Å². The fourth-order valence-electron chi connectivity index (χ4n) is 3.99. The first-order valence-electron chi connectivity index (χ1n) is 11.2. The number of thiazole rings is 1. The Kier molecular flexibility index (Phi) is 7.78. The molecule has 4 rings (SSSR count). The van der Waals surface area contributed by atoms with E-state index in [-0.39, 0.29) is 12.3 Å². The van der Waals surface area contributed by atoms with Gasteiger partial charge in [0.15, 0.2) is 23.1 Å². The summed E-state index contributed by atoms with van der Waals surface area (Å²) in [5.74, 6) is 2.76. The molecule has 2 aromatic heterocycles. The van der Waals surface area contributed by atoms with Gasteiger partial charge in [-0.3, -0.25) is 4.79 Å². The minimum Gasteiger partial charge on any atom is -0.493 e. The predicted octanol–water partition coefficient (Wildman–Crippen LogP) is 5.36. The average Bonchev–Trinajstić information content (AvgIpc) is 3.32. The van der Waals surface area contributed by atoms with Gasteiger partial charge in [0.25, 0.3) is 0 Å². The largest absolute Gasteiger partial charge is 0.493 e. The highest BCUT2D eigenvalue weighted by molar-refractivity contribution is 7.13. The van der Waals surface area contributed by atoms with E-state index in [4.69, 9.17) is 14.2 Å². The number of amides is 1. The predicted molar refractivity (Wildman–Crippen MR) is 129 cm³/mol. The molecule has 0 radical (unpaired) electrons. The third kappa shape index (κ3) is 6.01. The Bertz CT molecular complexity index is 1080. The number of ether oxygens (including phenoxy) is 3. The van der Waals surface area contributed by atoms with E-state index in [0.717, 1.165) is 10.6 Å². The monoisotopic (exact) mass is 467 g/mol. The van der Waals surface area contributed by atoms with Gasteiger partial charge in [-0.1, -0.05) is 19.3 Å². The van der Waals surface area contributed by atoms with E-state index in [1.165, 1.54) is 43.4 Å². The van der Waals surface area contributed by atoms with Gasteiger partial charge < -0.3 is 19.5 Å². The minimum atomic E-state index is -0.180. The molecule has 0 saturated heterocycles. The maximum Gasteiger partial charge on any atom is 0.231 e. The van der Waals surface area contributed by atoms with Crippen LogP contribution in [0.1, 0.15) is 37.8 Å². The molecule has 0 bridgehead atoms. The van der Waals surface area contributed by atoms with Gasteiger partial charge in [0, 0.05) is 17.1 Å². The molecule has 7 nitrogen and oxygen atoms in total. The summed E-state index contributed by atoms with van der Waals surface area (Å²) in [6.45, 7) is 0.662. The fourth-order valence-corrected chi connectivity index (χ4v) is 4.81. The Morgan fingerprint density at radius 1 is 1.09 bits per heavy atom. The highest BCUT2D eigenvalue weighted by Gasteiger charge is 2.17. The van der Waals surface area contributed by atoms with E-state index in [0.29, 0.717) is 41.3 Å². The zero-order valence-corrected chi connectivity index (χ0v) is 19.8. The molecule has 2 heterocycles. The van der Waals surface area contributed by atoms with Crippen molar-refractivity contribution in [2.24, 2.45) is 5.92 Å². The zero-order chi connectivity index (χ0) is 23.0. The number of methoxy groups -OCH3 is 2. The van der Waals surface area contributed by atoms with Gasteiger partial charge in [-0.2, -0.15) is 0 Å². The number of carbonyl (C=O) groups is 1. The number of nitrogens with zero attached hydrogens (tertiary/aromatic N) is 2. The molecule has 0 aliphatic heterocycles. The summed E-state index contributed by atoms with van der Waals surface area (Å²) in [6, 6.07) is 9.32. The number of anilines is 1. The number of rotatable bonds is 9. The van der Waals surface area contributed by atoms with Crippen molar-refractivity contribution < 1.29 is 19.0 Å². The standard InChI is InChI=1S/C25H29N3O4S/c1-30-20-11-10-18(13-22(20)31-2)25-27-19(16-33-25)14-23(29)28-24-21(9-6-12-26-24)32-15-17-7-4-3-5-8-17/h6,9-13,16-17H,3-5,7-8,14-15H2,1-2H3,(H,26,28,29). The second-order valence-electron chi connectivity index (χ2n) is 8.10. The molecule has 0 atom stereocenters. The number of aromatic nitrogens is 2. The second-order valence-corrected chi connectivity index (χ2v) is 8.96. The summed E-state index contributed by atoms with van der Waals surface area (Å²) in [7, 11) is 3.20. The molecule has 1 amide bonds. The Morgan fingerprint density at radius 2 is 1.91 bits per heavy atom. The van der Waals surface area contributed by atoms with Gasteiger partial charge in [-0.25, -0.2) is 9.97 Å².